The van der Waals surface area contributed by atoms with Gasteiger partial charge in [-0.2, -0.15) is 0 Å². The standard InChI is InChI=1S/C10H8ClN3/c11-10-13-8(6-9(12)14-10)7-4-2-1-3-5-7/h1-6H,(H2,12,13,14). The van der Waals surface area contributed by atoms with Crippen molar-refractivity contribution in [1.82, 2.24) is 9.97 Å². The summed E-state index contributed by atoms with van der Waals surface area (Å²) < 4.78 is 0. The monoisotopic (exact) mass is 205 g/mol. The third-order valence-electron chi connectivity index (χ3n) is 1.79. The molecule has 1 heterocycles. The first-order valence-corrected chi connectivity index (χ1v) is 4.49. The normalized spacial score (nSPS) is 10.1. The van der Waals surface area contributed by atoms with Crippen molar-refractivity contribution in [3.05, 3.63) is 41.7 Å². The van der Waals surface area contributed by atoms with Crippen LogP contribution >= 0.6 is 11.6 Å². The summed E-state index contributed by atoms with van der Waals surface area (Å²) in [7, 11) is 0. The molecule has 0 unspecified atom stereocenters. The molecule has 1 aromatic heterocycles. The third-order valence-corrected chi connectivity index (χ3v) is 1.96. The lowest BCUT2D eigenvalue weighted by Crippen LogP contribution is -1.94. The van der Waals surface area contributed by atoms with Gasteiger partial charge in [-0.15, -0.1) is 0 Å². The number of hydrogen-bond donors (Lipinski definition) is 1. The number of anilines is 1. The van der Waals surface area contributed by atoms with Crippen LogP contribution in [-0.4, -0.2) is 9.97 Å². The Morgan fingerprint density at radius 3 is 2.43 bits per heavy atom. The van der Waals surface area contributed by atoms with E-state index in [-0.39, 0.29) is 5.28 Å². The van der Waals surface area contributed by atoms with Gasteiger partial charge >= 0.3 is 0 Å². The van der Waals surface area contributed by atoms with E-state index in [4.69, 9.17) is 17.3 Å². The van der Waals surface area contributed by atoms with E-state index >= 15 is 0 Å². The Bertz CT molecular complexity index is 422. The molecule has 2 aromatic rings. The first-order chi connectivity index (χ1) is 6.75. The molecule has 2 rings (SSSR count). The van der Waals surface area contributed by atoms with Gasteiger partial charge in [0.1, 0.15) is 5.82 Å². The highest BCUT2D eigenvalue weighted by Crippen LogP contribution is 2.19. The van der Waals surface area contributed by atoms with Crippen LogP contribution in [0.5, 0.6) is 0 Å². The highest BCUT2D eigenvalue weighted by molar-refractivity contribution is 6.28. The first-order valence-electron chi connectivity index (χ1n) is 4.11. The van der Waals surface area contributed by atoms with Crippen LogP contribution in [0, 0.1) is 0 Å². The summed E-state index contributed by atoms with van der Waals surface area (Å²) in [5, 5.41) is 0.170. The zero-order valence-electron chi connectivity index (χ0n) is 7.31. The second kappa shape index (κ2) is 3.64. The molecule has 14 heavy (non-hydrogen) atoms. The van der Waals surface area contributed by atoms with E-state index in [0.29, 0.717) is 5.82 Å². The second-order valence-electron chi connectivity index (χ2n) is 2.81. The van der Waals surface area contributed by atoms with E-state index in [0.717, 1.165) is 11.3 Å². The predicted molar refractivity (Wildman–Crippen MR) is 56.9 cm³/mol. The van der Waals surface area contributed by atoms with Crippen molar-refractivity contribution in [3.8, 4) is 11.3 Å². The second-order valence-corrected chi connectivity index (χ2v) is 3.15. The molecule has 0 radical (unpaired) electrons. The van der Waals surface area contributed by atoms with Crippen LogP contribution in [0.25, 0.3) is 11.3 Å². The molecule has 0 aliphatic carbocycles. The maximum absolute atomic E-state index is 5.70. The number of nitrogens with zero attached hydrogens (tertiary/aromatic N) is 2. The topological polar surface area (TPSA) is 51.8 Å². The summed E-state index contributed by atoms with van der Waals surface area (Å²) in [6.07, 6.45) is 0. The average Bonchev–Trinajstić information content (AvgIpc) is 2.18. The Morgan fingerprint density at radius 2 is 1.79 bits per heavy atom. The maximum atomic E-state index is 5.70. The Labute approximate surface area is 86.6 Å². The van der Waals surface area contributed by atoms with Crippen LogP contribution in [0.1, 0.15) is 0 Å². The number of halogens is 1. The Balaban J connectivity index is 2.52. The molecule has 0 spiro atoms. The van der Waals surface area contributed by atoms with Crippen LogP contribution in [0.3, 0.4) is 0 Å². The van der Waals surface area contributed by atoms with Gasteiger partial charge in [-0.25, -0.2) is 9.97 Å². The fraction of sp³-hybridized carbons (Fsp3) is 0. The Morgan fingerprint density at radius 1 is 1.07 bits per heavy atom. The molecule has 0 bridgehead atoms. The van der Waals surface area contributed by atoms with Crippen molar-refractivity contribution in [2.75, 3.05) is 5.73 Å². The van der Waals surface area contributed by atoms with Crippen molar-refractivity contribution in [2.24, 2.45) is 0 Å². The van der Waals surface area contributed by atoms with Crippen LogP contribution in [-0.2, 0) is 0 Å². The molecule has 0 saturated heterocycles. The molecular weight excluding hydrogens is 198 g/mol. The molecule has 0 amide bonds. The Hall–Kier alpha value is -1.61. The molecule has 2 N–H and O–H groups in total. The van der Waals surface area contributed by atoms with E-state index in [1.807, 2.05) is 30.3 Å². The lowest BCUT2D eigenvalue weighted by molar-refractivity contribution is 1.18. The lowest BCUT2D eigenvalue weighted by Gasteiger charge is -2.01. The first kappa shape index (κ1) is 8.97. The molecule has 1 aromatic carbocycles. The minimum Gasteiger partial charge on any atom is -0.384 e. The molecular formula is C10H8ClN3. The molecule has 0 aliphatic heterocycles. The molecule has 3 nitrogen and oxygen atoms in total. The van der Waals surface area contributed by atoms with E-state index < -0.39 is 0 Å². The van der Waals surface area contributed by atoms with Gasteiger partial charge in [-0.1, -0.05) is 30.3 Å². The Kier molecular flexibility index (Phi) is 2.33. The van der Waals surface area contributed by atoms with Crippen molar-refractivity contribution in [1.29, 1.82) is 0 Å². The lowest BCUT2D eigenvalue weighted by atomic mass is 10.1. The van der Waals surface area contributed by atoms with Crippen LogP contribution in [0.2, 0.25) is 5.28 Å². The quantitative estimate of drug-likeness (QED) is 0.728. The molecule has 70 valence electrons. The summed E-state index contributed by atoms with van der Waals surface area (Å²) in [6, 6.07) is 11.4. The van der Waals surface area contributed by atoms with Crippen molar-refractivity contribution < 1.29 is 0 Å². The van der Waals surface area contributed by atoms with Gasteiger partial charge in [-0.3, -0.25) is 0 Å². The van der Waals surface area contributed by atoms with Gasteiger partial charge in [0.15, 0.2) is 0 Å². The van der Waals surface area contributed by atoms with Gasteiger partial charge in [0.2, 0.25) is 5.28 Å². The fourth-order valence-corrected chi connectivity index (χ4v) is 1.38. The largest absolute Gasteiger partial charge is 0.384 e. The highest BCUT2D eigenvalue weighted by Gasteiger charge is 2.02. The average molecular weight is 206 g/mol. The minimum absolute atomic E-state index is 0.170. The van der Waals surface area contributed by atoms with Crippen molar-refractivity contribution in [3.63, 3.8) is 0 Å². The van der Waals surface area contributed by atoms with Gasteiger partial charge in [0.25, 0.3) is 0 Å². The number of aromatic nitrogens is 2. The zero-order valence-corrected chi connectivity index (χ0v) is 8.07. The molecule has 0 fully saturated rings. The maximum Gasteiger partial charge on any atom is 0.224 e. The van der Waals surface area contributed by atoms with Crippen molar-refractivity contribution >= 4 is 17.4 Å². The van der Waals surface area contributed by atoms with E-state index in [1.165, 1.54) is 0 Å². The zero-order chi connectivity index (χ0) is 9.97. The van der Waals surface area contributed by atoms with Crippen LogP contribution in [0.15, 0.2) is 36.4 Å². The third kappa shape index (κ3) is 1.83. The number of benzene rings is 1. The van der Waals surface area contributed by atoms with Gasteiger partial charge in [-0.05, 0) is 11.6 Å². The SMILES string of the molecule is Nc1cc(-c2ccccc2)nc(Cl)n1. The molecule has 0 aliphatic rings. The predicted octanol–water partition coefficient (Wildman–Crippen LogP) is 2.38. The van der Waals surface area contributed by atoms with Crippen LogP contribution in [0.4, 0.5) is 5.82 Å². The molecule has 0 atom stereocenters. The van der Waals surface area contributed by atoms with Crippen LogP contribution < -0.4 is 5.73 Å². The minimum atomic E-state index is 0.170. The number of hydrogen-bond acceptors (Lipinski definition) is 3. The smallest absolute Gasteiger partial charge is 0.224 e. The number of rotatable bonds is 1. The molecule has 4 heteroatoms. The van der Waals surface area contributed by atoms with Gasteiger partial charge in [0, 0.05) is 11.6 Å². The summed E-state index contributed by atoms with van der Waals surface area (Å²) >= 11 is 5.70. The van der Waals surface area contributed by atoms with E-state index in [2.05, 4.69) is 9.97 Å². The highest BCUT2D eigenvalue weighted by atomic mass is 35.5. The van der Waals surface area contributed by atoms with Gasteiger partial charge < -0.3 is 5.73 Å². The summed E-state index contributed by atoms with van der Waals surface area (Å²) in [4.78, 5) is 7.87. The summed E-state index contributed by atoms with van der Waals surface area (Å²) in [5.74, 6) is 0.379. The fourth-order valence-electron chi connectivity index (χ4n) is 1.19. The van der Waals surface area contributed by atoms with Crippen molar-refractivity contribution in [2.45, 2.75) is 0 Å². The van der Waals surface area contributed by atoms with Gasteiger partial charge in [0.05, 0.1) is 5.69 Å². The summed E-state index contributed by atoms with van der Waals surface area (Å²) in [5.41, 5.74) is 7.28. The summed E-state index contributed by atoms with van der Waals surface area (Å²) in [6.45, 7) is 0. The number of nitrogen functional groups attached to an aromatic ring is 1. The van der Waals surface area contributed by atoms with E-state index in [1.54, 1.807) is 6.07 Å². The van der Waals surface area contributed by atoms with E-state index in [9.17, 15) is 0 Å². The molecule has 0 saturated carbocycles. The number of nitrogens with two attached hydrogens (primary N) is 1.